The second kappa shape index (κ2) is 5.69. The van der Waals surface area contributed by atoms with Gasteiger partial charge in [0.2, 0.25) is 5.28 Å². The van der Waals surface area contributed by atoms with Crippen LogP contribution in [0.2, 0.25) is 5.28 Å². The number of nitrogens with zero attached hydrogens (tertiary/aromatic N) is 3. The summed E-state index contributed by atoms with van der Waals surface area (Å²) in [7, 11) is 0. The van der Waals surface area contributed by atoms with Crippen molar-refractivity contribution in [3.63, 3.8) is 0 Å². The molecule has 118 valence electrons. The second-order valence-corrected chi connectivity index (χ2v) is 5.97. The molecule has 0 aliphatic heterocycles. The van der Waals surface area contributed by atoms with Gasteiger partial charge in [0.25, 0.3) is 5.69 Å². The van der Waals surface area contributed by atoms with E-state index < -0.39 is 4.92 Å². The van der Waals surface area contributed by atoms with Gasteiger partial charge in [0.15, 0.2) is 0 Å². The van der Waals surface area contributed by atoms with Crippen LogP contribution in [0.4, 0.5) is 5.69 Å². The second-order valence-electron chi connectivity index (χ2n) is 5.63. The molecule has 0 saturated heterocycles. The molecule has 24 heavy (non-hydrogen) atoms. The Morgan fingerprint density at radius 1 is 0.958 bits per heavy atom. The lowest BCUT2D eigenvalue weighted by molar-refractivity contribution is -0.384. The van der Waals surface area contributed by atoms with Gasteiger partial charge in [-0.1, -0.05) is 24.3 Å². The number of halogens is 1. The number of benzene rings is 2. The van der Waals surface area contributed by atoms with Crippen molar-refractivity contribution in [3.8, 4) is 22.5 Å². The predicted molar refractivity (Wildman–Crippen MR) is 92.0 cm³/mol. The summed E-state index contributed by atoms with van der Waals surface area (Å²) in [4.78, 5) is 19.2. The van der Waals surface area contributed by atoms with E-state index in [0.29, 0.717) is 0 Å². The van der Waals surface area contributed by atoms with E-state index in [4.69, 9.17) is 11.6 Å². The number of rotatable bonds is 2. The van der Waals surface area contributed by atoms with E-state index in [1.807, 2.05) is 18.2 Å². The number of aryl methyl sites for hydroxylation is 1. The summed E-state index contributed by atoms with van der Waals surface area (Å²) < 4.78 is 0. The molecule has 0 radical (unpaired) electrons. The summed E-state index contributed by atoms with van der Waals surface area (Å²) in [6, 6.07) is 14.5. The number of nitro benzene ring substituents is 1. The number of non-ortho nitro benzene ring substituents is 1. The first kappa shape index (κ1) is 14.8. The van der Waals surface area contributed by atoms with Crippen LogP contribution in [0.15, 0.2) is 48.5 Å². The van der Waals surface area contributed by atoms with Crippen molar-refractivity contribution >= 4 is 17.3 Å². The molecule has 4 rings (SSSR count). The van der Waals surface area contributed by atoms with Crippen molar-refractivity contribution in [2.45, 2.75) is 12.8 Å². The molecule has 0 spiro atoms. The van der Waals surface area contributed by atoms with E-state index >= 15 is 0 Å². The van der Waals surface area contributed by atoms with E-state index in [9.17, 15) is 10.1 Å². The van der Waals surface area contributed by atoms with Crippen molar-refractivity contribution < 1.29 is 4.92 Å². The average molecular weight is 338 g/mol. The monoisotopic (exact) mass is 337 g/mol. The van der Waals surface area contributed by atoms with E-state index in [1.54, 1.807) is 12.1 Å². The average Bonchev–Trinajstić information content (AvgIpc) is 2.61. The first-order valence-electron chi connectivity index (χ1n) is 7.53. The van der Waals surface area contributed by atoms with Crippen molar-refractivity contribution in [1.82, 2.24) is 9.97 Å². The number of fused-ring (bicyclic) bond motifs is 3. The zero-order valence-corrected chi connectivity index (χ0v) is 13.3. The number of aromatic nitrogens is 2. The van der Waals surface area contributed by atoms with Crippen LogP contribution in [0, 0.1) is 10.1 Å². The predicted octanol–water partition coefficient (Wildman–Crippen LogP) is 4.47. The van der Waals surface area contributed by atoms with Gasteiger partial charge in [-0.3, -0.25) is 10.1 Å². The summed E-state index contributed by atoms with van der Waals surface area (Å²) in [5.41, 5.74) is 5.81. The molecule has 0 N–H and O–H groups in total. The van der Waals surface area contributed by atoms with Crippen molar-refractivity contribution in [1.29, 1.82) is 0 Å². The minimum absolute atomic E-state index is 0.0538. The highest BCUT2D eigenvalue weighted by Gasteiger charge is 2.22. The van der Waals surface area contributed by atoms with Gasteiger partial charge in [-0.05, 0) is 42.1 Å². The van der Waals surface area contributed by atoms with Crippen LogP contribution >= 0.6 is 11.6 Å². The molecular weight excluding hydrogens is 326 g/mol. The Morgan fingerprint density at radius 3 is 2.42 bits per heavy atom. The molecule has 5 nitrogen and oxygen atoms in total. The zero-order valence-electron chi connectivity index (χ0n) is 12.6. The van der Waals surface area contributed by atoms with E-state index in [-0.39, 0.29) is 11.0 Å². The first-order chi connectivity index (χ1) is 11.6. The van der Waals surface area contributed by atoms with Gasteiger partial charge in [-0.2, -0.15) is 0 Å². The molecule has 1 aromatic heterocycles. The zero-order chi connectivity index (χ0) is 16.7. The van der Waals surface area contributed by atoms with Crippen LogP contribution < -0.4 is 0 Å². The van der Waals surface area contributed by atoms with Crippen LogP contribution in [-0.2, 0) is 12.8 Å². The van der Waals surface area contributed by atoms with Gasteiger partial charge >= 0.3 is 0 Å². The largest absolute Gasteiger partial charge is 0.269 e. The summed E-state index contributed by atoms with van der Waals surface area (Å²) in [6.45, 7) is 0. The van der Waals surface area contributed by atoms with Gasteiger partial charge in [-0.25, -0.2) is 9.97 Å². The fraction of sp³-hybridized carbons (Fsp3) is 0.111. The van der Waals surface area contributed by atoms with Gasteiger partial charge < -0.3 is 0 Å². The molecule has 0 saturated carbocycles. The van der Waals surface area contributed by atoms with Crippen LogP contribution in [0.25, 0.3) is 22.5 Å². The smallest absolute Gasteiger partial charge is 0.258 e. The van der Waals surface area contributed by atoms with Gasteiger partial charge in [0, 0.05) is 28.8 Å². The lowest BCUT2D eigenvalue weighted by Gasteiger charge is -2.21. The fourth-order valence-corrected chi connectivity index (χ4v) is 3.29. The molecule has 6 heteroatoms. The molecular formula is C18H12ClN3O2. The summed E-state index contributed by atoms with van der Waals surface area (Å²) in [6.07, 6.45) is 1.73. The van der Waals surface area contributed by atoms with E-state index in [2.05, 4.69) is 16.0 Å². The Hall–Kier alpha value is -2.79. The van der Waals surface area contributed by atoms with E-state index in [1.165, 1.54) is 17.7 Å². The molecule has 2 aromatic carbocycles. The number of hydrogen-bond donors (Lipinski definition) is 0. The third-order valence-corrected chi connectivity index (χ3v) is 4.42. The fourth-order valence-electron chi connectivity index (χ4n) is 3.13. The van der Waals surface area contributed by atoms with Gasteiger partial charge in [-0.15, -0.1) is 0 Å². The van der Waals surface area contributed by atoms with Crippen molar-refractivity contribution in [2.75, 3.05) is 0 Å². The van der Waals surface area contributed by atoms with Crippen LogP contribution in [0.1, 0.15) is 11.1 Å². The molecule has 0 bridgehead atoms. The first-order valence-corrected chi connectivity index (χ1v) is 7.91. The molecule has 0 fully saturated rings. The maximum atomic E-state index is 10.8. The molecule has 1 aliphatic rings. The molecule has 0 amide bonds. The van der Waals surface area contributed by atoms with Crippen molar-refractivity contribution in [2.24, 2.45) is 0 Å². The molecule has 0 atom stereocenters. The third kappa shape index (κ3) is 2.43. The topological polar surface area (TPSA) is 68.9 Å². The Morgan fingerprint density at radius 2 is 1.67 bits per heavy atom. The lowest BCUT2D eigenvalue weighted by atomic mass is 9.87. The summed E-state index contributed by atoms with van der Waals surface area (Å²) >= 11 is 6.15. The quantitative estimate of drug-likeness (QED) is 0.393. The highest BCUT2D eigenvalue weighted by atomic mass is 35.5. The summed E-state index contributed by atoms with van der Waals surface area (Å²) in [5.74, 6) is 0. The van der Waals surface area contributed by atoms with Crippen LogP contribution in [0.3, 0.4) is 0 Å². The van der Waals surface area contributed by atoms with Gasteiger partial charge in [0.05, 0.1) is 16.3 Å². The maximum absolute atomic E-state index is 10.8. The number of nitro groups is 1. The van der Waals surface area contributed by atoms with Gasteiger partial charge in [0.1, 0.15) is 0 Å². The molecule has 3 aromatic rings. The van der Waals surface area contributed by atoms with E-state index in [0.717, 1.165) is 40.9 Å². The third-order valence-electron chi connectivity index (χ3n) is 4.25. The standard InChI is InChI=1S/C18H12ClN3O2/c19-18-20-16(12-5-8-13(9-6-12)22(23)24)15-10-7-11-3-1-2-4-14(11)17(15)21-18/h1-6,8-9H,7,10H2. The Bertz CT molecular complexity index is 955. The van der Waals surface area contributed by atoms with Crippen LogP contribution in [0.5, 0.6) is 0 Å². The maximum Gasteiger partial charge on any atom is 0.269 e. The Kier molecular flexibility index (Phi) is 3.50. The minimum Gasteiger partial charge on any atom is -0.258 e. The highest BCUT2D eigenvalue weighted by molar-refractivity contribution is 6.28. The van der Waals surface area contributed by atoms with Crippen LogP contribution in [-0.4, -0.2) is 14.9 Å². The minimum atomic E-state index is -0.414. The lowest BCUT2D eigenvalue weighted by Crippen LogP contribution is -2.09. The highest BCUT2D eigenvalue weighted by Crippen LogP contribution is 2.37. The molecule has 0 unspecified atom stereocenters. The Balaban J connectivity index is 1.89. The SMILES string of the molecule is O=[N+]([O-])c1ccc(-c2nc(Cl)nc3c2CCc2ccccc2-3)cc1. The summed E-state index contributed by atoms with van der Waals surface area (Å²) in [5, 5.41) is 11.0. The number of hydrogen-bond acceptors (Lipinski definition) is 4. The van der Waals surface area contributed by atoms with Crippen molar-refractivity contribution in [3.05, 3.63) is 75.1 Å². The molecule has 1 aliphatic carbocycles. The normalized spacial score (nSPS) is 12.4. The Labute approximate surface area is 143 Å². The molecule has 1 heterocycles.